The molecule has 1 atom stereocenters. The molecule has 1 heterocycles. The van der Waals surface area contributed by atoms with Gasteiger partial charge in [-0.2, -0.15) is 0 Å². The van der Waals surface area contributed by atoms with Crippen LogP contribution in [-0.4, -0.2) is 23.4 Å². The van der Waals surface area contributed by atoms with Crippen molar-refractivity contribution in [3.05, 3.63) is 20.8 Å². The third-order valence-corrected chi connectivity index (χ3v) is 3.55. The number of carbonyl (C=O) groups is 1. The van der Waals surface area contributed by atoms with E-state index >= 15 is 0 Å². The molecule has 0 aromatic carbocycles. The minimum Gasteiger partial charge on any atom is -0.444 e. The molecule has 6 heteroatoms. The number of hydrogen-bond donors (Lipinski definition) is 2. The molecule has 4 nitrogen and oxygen atoms in total. The third-order valence-electron chi connectivity index (χ3n) is 1.81. The van der Waals surface area contributed by atoms with Gasteiger partial charge in [0.1, 0.15) is 5.60 Å². The molecule has 1 rings (SSSR count). The molecule has 1 aromatic heterocycles. The summed E-state index contributed by atoms with van der Waals surface area (Å²) >= 11 is 4.80. The van der Waals surface area contributed by atoms with E-state index in [9.17, 15) is 9.90 Å². The van der Waals surface area contributed by atoms with Gasteiger partial charge in [0, 0.05) is 4.88 Å². The SMILES string of the molecule is CC(C)(C)OC(=O)NC(CO)c1ccc(Br)s1. The number of carbonyl (C=O) groups excluding carboxylic acids is 1. The minimum atomic E-state index is -0.542. The number of aliphatic hydroxyl groups excluding tert-OH is 1. The van der Waals surface area contributed by atoms with Gasteiger partial charge in [-0.05, 0) is 48.8 Å². The zero-order valence-corrected chi connectivity index (χ0v) is 12.4. The Labute approximate surface area is 113 Å². The quantitative estimate of drug-likeness (QED) is 0.899. The summed E-state index contributed by atoms with van der Waals surface area (Å²) in [6.07, 6.45) is -0.527. The lowest BCUT2D eigenvalue weighted by Gasteiger charge is -2.22. The smallest absolute Gasteiger partial charge is 0.408 e. The molecular formula is C11H16BrNO3S. The second-order valence-electron chi connectivity index (χ2n) is 4.52. The molecule has 1 aromatic rings. The maximum atomic E-state index is 11.6. The highest BCUT2D eigenvalue weighted by molar-refractivity contribution is 9.11. The molecule has 96 valence electrons. The van der Waals surface area contributed by atoms with E-state index in [2.05, 4.69) is 21.2 Å². The number of nitrogens with one attached hydrogen (secondary N) is 1. The lowest BCUT2D eigenvalue weighted by molar-refractivity contribution is 0.0483. The predicted molar refractivity (Wildman–Crippen MR) is 71.2 cm³/mol. The number of aliphatic hydroxyl groups is 1. The van der Waals surface area contributed by atoms with Crippen LogP contribution in [0.5, 0.6) is 0 Å². The van der Waals surface area contributed by atoms with Crippen LogP contribution in [0.15, 0.2) is 15.9 Å². The van der Waals surface area contributed by atoms with Gasteiger partial charge in [-0.15, -0.1) is 11.3 Å². The van der Waals surface area contributed by atoms with Crippen molar-refractivity contribution >= 4 is 33.4 Å². The standard InChI is InChI=1S/C11H16BrNO3S/c1-11(2,3)16-10(15)13-7(6-14)8-4-5-9(12)17-8/h4-5,7,14H,6H2,1-3H3,(H,13,15). The molecule has 0 aliphatic rings. The average molecular weight is 322 g/mol. The van der Waals surface area contributed by atoms with E-state index in [1.54, 1.807) is 20.8 Å². The van der Waals surface area contributed by atoms with E-state index < -0.39 is 17.7 Å². The topological polar surface area (TPSA) is 58.6 Å². The lowest BCUT2D eigenvalue weighted by Crippen LogP contribution is -2.35. The van der Waals surface area contributed by atoms with Crippen LogP contribution in [0.3, 0.4) is 0 Å². The van der Waals surface area contributed by atoms with E-state index in [0.29, 0.717) is 0 Å². The fraction of sp³-hybridized carbons (Fsp3) is 0.545. The number of halogens is 1. The first kappa shape index (κ1) is 14.5. The van der Waals surface area contributed by atoms with E-state index in [0.717, 1.165) is 8.66 Å². The minimum absolute atomic E-state index is 0.161. The third kappa shape index (κ3) is 5.06. The number of amides is 1. The highest BCUT2D eigenvalue weighted by Gasteiger charge is 2.20. The monoisotopic (exact) mass is 321 g/mol. The summed E-state index contributed by atoms with van der Waals surface area (Å²) in [6, 6.07) is 3.30. The van der Waals surface area contributed by atoms with Gasteiger partial charge in [0.25, 0.3) is 0 Å². The van der Waals surface area contributed by atoms with Gasteiger partial charge in [-0.3, -0.25) is 0 Å². The molecule has 0 spiro atoms. The molecule has 0 bridgehead atoms. The highest BCUT2D eigenvalue weighted by atomic mass is 79.9. The Hall–Kier alpha value is -0.590. The first-order valence-electron chi connectivity index (χ1n) is 5.17. The maximum absolute atomic E-state index is 11.6. The van der Waals surface area contributed by atoms with Crippen LogP contribution in [0, 0.1) is 0 Å². The number of ether oxygens (including phenoxy) is 1. The van der Waals surface area contributed by atoms with Crippen molar-refractivity contribution in [3.63, 3.8) is 0 Å². The Morgan fingerprint density at radius 3 is 2.65 bits per heavy atom. The summed E-state index contributed by atoms with van der Waals surface area (Å²) in [6.45, 7) is 5.22. The van der Waals surface area contributed by atoms with Crippen LogP contribution < -0.4 is 5.32 Å². The molecule has 17 heavy (non-hydrogen) atoms. The second-order valence-corrected chi connectivity index (χ2v) is 7.02. The fourth-order valence-electron chi connectivity index (χ4n) is 1.17. The largest absolute Gasteiger partial charge is 0.444 e. The van der Waals surface area contributed by atoms with E-state index in [-0.39, 0.29) is 6.61 Å². The van der Waals surface area contributed by atoms with Crippen LogP contribution in [0.1, 0.15) is 31.7 Å². The molecule has 0 fully saturated rings. The number of alkyl carbamates (subject to hydrolysis) is 1. The summed E-state index contributed by atoms with van der Waals surface area (Å²) in [5, 5.41) is 11.9. The molecular weight excluding hydrogens is 306 g/mol. The van der Waals surface area contributed by atoms with Gasteiger partial charge >= 0.3 is 6.09 Å². The molecule has 2 N–H and O–H groups in total. The van der Waals surface area contributed by atoms with Crippen LogP contribution in [0.2, 0.25) is 0 Å². The molecule has 0 radical (unpaired) electrons. The van der Waals surface area contributed by atoms with Crippen LogP contribution >= 0.6 is 27.3 Å². The summed E-state index contributed by atoms with van der Waals surface area (Å²) in [5.41, 5.74) is -0.542. The lowest BCUT2D eigenvalue weighted by atomic mass is 10.2. The van der Waals surface area contributed by atoms with Gasteiger partial charge in [0.05, 0.1) is 16.4 Å². The van der Waals surface area contributed by atoms with E-state index in [1.807, 2.05) is 12.1 Å². The first-order chi connectivity index (χ1) is 7.81. The Kier molecular flexibility index (Phi) is 4.97. The molecule has 1 amide bonds. The summed E-state index contributed by atoms with van der Waals surface area (Å²) in [5.74, 6) is 0. The number of thiophene rings is 1. The highest BCUT2D eigenvalue weighted by Crippen LogP contribution is 2.27. The first-order valence-corrected chi connectivity index (χ1v) is 6.78. The summed E-state index contributed by atoms with van der Waals surface area (Å²) in [4.78, 5) is 12.4. The van der Waals surface area contributed by atoms with Crippen molar-refractivity contribution < 1.29 is 14.6 Å². The Balaban J connectivity index is 2.62. The normalized spacial score (nSPS) is 13.2. The Bertz CT molecular complexity index is 386. The van der Waals surface area contributed by atoms with Crippen molar-refractivity contribution in [1.82, 2.24) is 5.32 Å². The molecule has 1 unspecified atom stereocenters. The summed E-state index contributed by atoms with van der Waals surface area (Å²) in [7, 11) is 0. The maximum Gasteiger partial charge on any atom is 0.408 e. The van der Waals surface area contributed by atoms with Crippen molar-refractivity contribution in [2.24, 2.45) is 0 Å². The van der Waals surface area contributed by atoms with Crippen molar-refractivity contribution in [2.75, 3.05) is 6.61 Å². The molecule has 0 aliphatic carbocycles. The second kappa shape index (κ2) is 5.84. The molecule has 0 aliphatic heterocycles. The Morgan fingerprint density at radius 2 is 2.24 bits per heavy atom. The van der Waals surface area contributed by atoms with E-state index in [1.165, 1.54) is 11.3 Å². The zero-order valence-electron chi connectivity index (χ0n) is 9.99. The van der Waals surface area contributed by atoms with Gasteiger partial charge < -0.3 is 15.2 Å². The molecule has 0 saturated heterocycles. The van der Waals surface area contributed by atoms with Crippen molar-refractivity contribution in [1.29, 1.82) is 0 Å². The predicted octanol–water partition coefficient (Wildman–Crippen LogP) is 3.07. The van der Waals surface area contributed by atoms with Crippen LogP contribution in [0.4, 0.5) is 4.79 Å². The molecule has 0 saturated carbocycles. The zero-order chi connectivity index (χ0) is 13.1. The van der Waals surface area contributed by atoms with Gasteiger partial charge in [0.15, 0.2) is 0 Å². The van der Waals surface area contributed by atoms with Crippen molar-refractivity contribution in [2.45, 2.75) is 32.4 Å². The van der Waals surface area contributed by atoms with Gasteiger partial charge in [-0.25, -0.2) is 4.79 Å². The summed E-state index contributed by atoms with van der Waals surface area (Å²) < 4.78 is 6.09. The van der Waals surface area contributed by atoms with Crippen molar-refractivity contribution in [3.8, 4) is 0 Å². The van der Waals surface area contributed by atoms with E-state index in [4.69, 9.17) is 4.74 Å². The number of hydrogen-bond acceptors (Lipinski definition) is 4. The van der Waals surface area contributed by atoms with Crippen LogP contribution in [-0.2, 0) is 4.74 Å². The Morgan fingerprint density at radius 1 is 1.59 bits per heavy atom. The van der Waals surface area contributed by atoms with Crippen LogP contribution in [0.25, 0.3) is 0 Å². The average Bonchev–Trinajstić information content (AvgIpc) is 2.58. The van der Waals surface area contributed by atoms with Gasteiger partial charge in [-0.1, -0.05) is 0 Å². The number of rotatable bonds is 3. The van der Waals surface area contributed by atoms with Gasteiger partial charge in [0.2, 0.25) is 0 Å². The fourth-order valence-corrected chi connectivity index (χ4v) is 2.64.